The quantitative estimate of drug-likeness (QED) is 0.358. The fourth-order valence-corrected chi connectivity index (χ4v) is 2.90. The Labute approximate surface area is 167 Å². The molecule has 1 fully saturated rings. The van der Waals surface area contributed by atoms with E-state index in [1.165, 1.54) is 6.08 Å². The van der Waals surface area contributed by atoms with E-state index in [-0.39, 0.29) is 12.5 Å². The maximum absolute atomic E-state index is 10.3. The molecule has 158 valence electrons. The highest BCUT2D eigenvalue weighted by Gasteiger charge is 2.35. The SMILES string of the molecule is CC[C@H]1O[C@H]([C@H](O)/C=C/[C@@H](O)C/C=C\C/C=C\C/C=C\CCC(=O)O)C[C@H]1O. The monoisotopic (exact) mass is 394 g/mol. The van der Waals surface area contributed by atoms with Gasteiger partial charge in [0.15, 0.2) is 0 Å². The number of carboxylic acid groups (broad SMARTS) is 1. The summed E-state index contributed by atoms with van der Waals surface area (Å²) in [7, 11) is 0. The van der Waals surface area contributed by atoms with Gasteiger partial charge in [0.25, 0.3) is 0 Å². The maximum Gasteiger partial charge on any atom is 0.303 e. The van der Waals surface area contributed by atoms with Gasteiger partial charge in [-0.1, -0.05) is 55.5 Å². The summed E-state index contributed by atoms with van der Waals surface area (Å²) in [5, 5.41) is 38.4. The summed E-state index contributed by atoms with van der Waals surface area (Å²) in [4.78, 5) is 10.3. The van der Waals surface area contributed by atoms with Gasteiger partial charge >= 0.3 is 5.97 Å². The number of hydrogen-bond donors (Lipinski definition) is 4. The lowest BCUT2D eigenvalue weighted by Gasteiger charge is -2.16. The molecule has 0 saturated carbocycles. The standard InChI is InChI=1S/C22H34O6/c1-2-20-19(25)16-21(28-20)18(24)15-14-17(23)12-10-8-6-4-3-5-7-9-11-13-22(26)27/h3-4,7-10,14-15,17-21,23-25H,2,5-6,11-13,16H2,1H3,(H,26,27)/b4-3-,9-7-,10-8-,15-14+/t17-,18+,19+,20+,21-/m0/s1. The molecule has 1 saturated heterocycles. The Hall–Kier alpha value is -1.73. The Morgan fingerprint density at radius 1 is 1.07 bits per heavy atom. The topological polar surface area (TPSA) is 107 Å². The number of carbonyl (C=O) groups is 1. The van der Waals surface area contributed by atoms with E-state index in [1.807, 2.05) is 43.4 Å². The van der Waals surface area contributed by atoms with Crippen molar-refractivity contribution in [3.05, 3.63) is 48.6 Å². The van der Waals surface area contributed by atoms with Crippen molar-refractivity contribution in [3.63, 3.8) is 0 Å². The first-order valence-electron chi connectivity index (χ1n) is 9.98. The lowest BCUT2D eigenvalue weighted by atomic mass is 10.1. The Bertz CT molecular complexity index is 551. The van der Waals surface area contributed by atoms with Crippen molar-refractivity contribution in [2.75, 3.05) is 0 Å². The molecule has 0 bridgehead atoms. The normalized spacial score (nSPS) is 25.5. The van der Waals surface area contributed by atoms with Crippen molar-refractivity contribution in [2.45, 2.75) is 82.4 Å². The summed E-state index contributed by atoms with van der Waals surface area (Å²) in [5.41, 5.74) is 0. The van der Waals surface area contributed by atoms with E-state index in [0.717, 1.165) is 12.8 Å². The van der Waals surface area contributed by atoms with Gasteiger partial charge in [-0.15, -0.1) is 0 Å². The van der Waals surface area contributed by atoms with Gasteiger partial charge in [0.05, 0.1) is 30.5 Å². The Morgan fingerprint density at radius 3 is 2.32 bits per heavy atom. The minimum Gasteiger partial charge on any atom is -0.481 e. The molecule has 6 heteroatoms. The molecule has 0 aromatic rings. The first-order valence-corrected chi connectivity index (χ1v) is 9.98. The second kappa shape index (κ2) is 14.3. The fraction of sp³-hybridized carbons (Fsp3) is 0.591. The van der Waals surface area contributed by atoms with Crippen molar-refractivity contribution in [1.29, 1.82) is 0 Å². The fourth-order valence-electron chi connectivity index (χ4n) is 2.90. The van der Waals surface area contributed by atoms with Crippen LogP contribution in [0, 0.1) is 0 Å². The minimum atomic E-state index is -0.837. The molecule has 28 heavy (non-hydrogen) atoms. The Balaban J connectivity index is 2.16. The van der Waals surface area contributed by atoms with Crippen molar-refractivity contribution >= 4 is 5.97 Å². The van der Waals surface area contributed by atoms with Crippen LogP contribution in [0.2, 0.25) is 0 Å². The van der Waals surface area contributed by atoms with E-state index in [9.17, 15) is 20.1 Å². The smallest absolute Gasteiger partial charge is 0.303 e. The van der Waals surface area contributed by atoms with Crippen LogP contribution in [0.4, 0.5) is 0 Å². The van der Waals surface area contributed by atoms with Gasteiger partial charge in [-0.25, -0.2) is 0 Å². The zero-order valence-electron chi connectivity index (χ0n) is 16.6. The summed E-state index contributed by atoms with van der Waals surface area (Å²) >= 11 is 0. The molecule has 6 nitrogen and oxygen atoms in total. The minimum absolute atomic E-state index is 0.158. The first kappa shape index (κ1) is 24.3. The molecular weight excluding hydrogens is 360 g/mol. The van der Waals surface area contributed by atoms with Crippen LogP contribution in [0.1, 0.15) is 51.9 Å². The number of carboxylic acids is 1. The number of rotatable bonds is 13. The molecule has 1 aliphatic rings. The summed E-state index contributed by atoms with van der Waals surface area (Å²) in [6.45, 7) is 1.93. The summed E-state index contributed by atoms with van der Waals surface area (Å²) in [5.74, 6) is -0.785. The van der Waals surface area contributed by atoms with Gasteiger partial charge in [-0.2, -0.15) is 0 Å². The third-order valence-electron chi connectivity index (χ3n) is 4.51. The average Bonchev–Trinajstić information content (AvgIpc) is 3.04. The molecule has 0 aliphatic carbocycles. The molecule has 0 unspecified atom stereocenters. The summed E-state index contributed by atoms with van der Waals surface area (Å²) in [6, 6.07) is 0. The third kappa shape index (κ3) is 10.6. The lowest BCUT2D eigenvalue weighted by molar-refractivity contribution is -0.136. The molecule has 1 aliphatic heterocycles. The lowest BCUT2D eigenvalue weighted by Crippen LogP contribution is -2.24. The van der Waals surface area contributed by atoms with E-state index in [2.05, 4.69) is 0 Å². The van der Waals surface area contributed by atoms with E-state index in [1.54, 1.807) is 6.08 Å². The predicted octanol–water partition coefficient (Wildman–Crippen LogP) is 2.90. The van der Waals surface area contributed by atoms with Crippen LogP contribution >= 0.6 is 0 Å². The van der Waals surface area contributed by atoms with Crippen LogP contribution in [-0.2, 0) is 9.53 Å². The Kier molecular flexibility index (Phi) is 12.4. The van der Waals surface area contributed by atoms with Crippen LogP contribution in [0.15, 0.2) is 48.6 Å². The van der Waals surface area contributed by atoms with E-state index >= 15 is 0 Å². The number of ether oxygens (including phenoxy) is 1. The van der Waals surface area contributed by atoms with E-state index < -0.39 is 30.4 Å². The number of hydrogen-bond acceptors (Lipinski definition) is 5. The number of aliphatic hydroxyl groups is 3. The maximum atomic E-state index is 10.3. The average molecular weight is 395 g/mol. The summed E-state index contributed by atoms with van der Waals surface area (Å²) < 4.78 is 5.61. The van der Waals surface area contributed by atoms with Gasteiger partial charge in [-0.3, -0.25) is 4.79 Å². The largest absolute Gasteiger partial charge is 0.481 e. The first-order chi connectivity index (χ1) is 13.4. The molecule has 0 radical (unpaired) electrons. The highest BCUT2D eigenvalue weighted by Crippen LogP contribution is 2.25. The van der Waals surface area contributed by atoms with Crippen molar-refractivity contribution in [3.8, 4) is 0 Å². The number of allylic oxidation sites excluding steroid dienone is 5. The van der Waals surface area contributed by atoms with Crippen LogP contribution in [0.5, 0.6) is 0 Å². The molecule has 1 rings (SSSR count). The number of aliphatic hydroxyl groups excluding tert-OH is 3. The molecule has 4 N–H and O–H groups in total. The molecular formula is C22H34O6. The van der Waals surface area contributed by atoms with Crippen molar-refractivity contribution in [1.82, 2.24) is 0 Å². The highest BCUT2D eigenvalue weighted by molar-refractivity contribution is 5.66. The molecule has 0 amide bonds. The van der Waals surface area contributed by atoms with Gasteiger partial charge in [-0.05, 0) is 32.1 Å². The second-order valence-corrected chi connectivity index (χ2v) is 6.92. The van der Waals surface area contributed by atoms with Crippen LogP contribution in [-0.4, -0.2) is 56.9 Å². The molecule has 0 aromatic heterocycles. The second-order valence-electron chi connectivity index (χ2n) is 6.92. The zero-order valence-corrected chi connectivity index (χ0v) is 16.6. The van der Waals surface area contributed by atoms with Crippen LogP contribution < -0.4 is 0 Å². The van der Waals surface area contributed by atoms with Gasteiger partial charge in [0.1, 0.15) is 0 Å². The van der Waals surface area contributed by atoms with Crippen LogP contribution in [0.25, 0.3) is 0 Å². The van der Waals surface area contributed by atoms with Gasteiger partial charge < -0.3 is 25.2 Å². The summed E-state index contributed by atoms with van der Waals surface area (Å²) in [6.07, 6.45) is 15.9. The molecule has 5 atom stereocenters. The molecule has 0 spiro atoms. The van der Waals surface area contributed by atoms with Gasteiger partial charge in [0.2, 0.25) is 0 Å². The predicted molar refractivity (Wildman–Crippen MR) is 109 cm³/mol. The zero-order chi connectivity index (χ0) is 20.8. The third-order valence-corrected chi connectivity index (χ3v) is 4.51. The molecule has 1 heterocycles. The highest BCUT2D eigenvalue weighted by atomic mass is 16.5. The number of aliphatic carboxylic acids is 1. The van der Waals surface area contributed by atoms with E-state index in [4.69, 9.17) is 9.84 Å². The molecule has 0 aromatic carbocycles. The van der Waals surface area contributed by atoms with Crippen molar-refractivity contribution < 1.29 is 30.0 Å². The van der Waals surface area contributed by atoms with Gasteiger partial charge in [0, 0.05) is 12.8 Å². The van der Waals surface area contributed by atoms with E-state index in [0.29, 0.717) is 25.7 Å². The Morgan fingerprint density at radius 2 is 1.71 bits per heavy atom. The van der Waals surface area contributed by atoms with Crippen LogP contribution in [0.3, 0.4) is 0 Å². The van der Waals surface area contributed by atoms with Crippen molar-refractivity contribution in [2.24, 2.45) is 0 Å².